The number of morpholine rings is 1. The minimum atomic E-state index is -0.325. The number of amides is 1. The molecule has 1 aliphatic rings. The van der Waals surface area contributed by atoms with Gasteiger partial charge < -0.3 is 19.5 Å². The van der Waals surface area contributed by atoms with E-state index in [2.05, 4.69) is 25.8 Å². The van der Waals surface area contributed by atoms with E-state index in [0.29, 0.717) is 41.9 Å². The summed E-state index contributed by atoms with van der Waals surface area (Å²) in [6, 6.07) is 7.90. The molecule has 0 unspecified atom stereocenters. The lowest BCUT2D eigenvalue weighted by Gasteiger charge is -2.27. The molecule has 1 fully saturated rings. The highest BCUT2D eigenvalue weighted by molar-refractivity contribution is 9.10. The molecule has 0 saturated carbocycles. The van der Waals surface area contributed by atoms with Gasteiger partial charge in [0, 0.05) is 22.6 Å². The summed E-state index contributed by atoms with van der Waals surface area (Å²) in [5, 5.41) is 13.3. The lowest BCUT2D eigenvalue weighted by atomic mass is 10.1. The SMILES string of the molecule is O=Nc1c(NSc2cc(Br)ccc2O)cc(Cl)cc1C(=O)N1CCOCC1. The van der Waals surface area contributed by atoms with E-state index in [1.54, 1.807) is 23.1 Å². The number of ether oxygens (including phenoxy) is 1. The van der Waals surface area contributed by atoms with Gasteiger partial charge in [-0.2, -0.15) is 0 Å². The largest absolute Gasteiger partial charge is 0.507 e. The van der Waals surface area contributed by atoms with Crippen LogP contribution in [0, 0.1) is 4.91 Å². The zero-order valence-corrected chi connectivity index (χ0v) is 17.1. The molecule has 2 N–H and O–H groups in total. The van der Waals surface area contributed by atoms with Crippen molar-refractivity contribution in [2.24, 2.45) is 5.18 Å². The van der Waals surface area contributed by atoms with Gasteiger partial charge in [-0.1, -0.05) is 27.5 Å². The van der Waals surface area contributed by atoms with Crippen molar-refractivity contribution in [3.63, 3.8) is 0 Å². The van der Waals surface area contributed by atoms with E-state index in [4.69, 9.17) is 16.3 Å². The number of anilines is 1. The van der Waals surface area contributed by atoms with Gasteiger partial charge in [0.2, 0.25) is 0 Å². The molecule has 1 aliphatic heterocycles. The monoisotopic (exact) mass is 471 g/mol. The molecular weight excluding hydrogens is 458 g/mol. The van der Waals surface area contributed by atoms with Crippen LogP contribution < -0.4 is 4.72 Å². The molecule has 27 heavy (non-hydrogen) atoms. The molecule has 0 atom stereocenters. The van der Waals surface area contributed by atoms with Crippen molar-refractivity contribution in [1.82, 2.24) is 4.90 Å². The first kappa shape index (κ1) is 19.9. The Morgan fingerprint density at radius 2 is 2.04 bits per heavy atom. The predicted octanol–water partition coefficient (Wildman–Crippen LogP) is 4.80. The summed E-state index contributed by atoms with van der Waals surface area (Å²) in [5.41, 5.74) is 0.386. The van der Waals surface area contributed by atoms with Crippen molar-refractivity contribution in [1.29, 1.82) is 0 Å². The summed E-state index contributed by atoms with van der Waals surface area (Å²) < 4.78 is 8.98. The molecule has 0 aromatic heterocycles. The number of benzene rings is 2. The number of carbonyl (C=O) groups is 1. The van der Waals surface area contributed by atoms with Crippen LogP contribution in [0.4, 0.5) is 11.4 Å². The van der Waals surface area contributed by atoms with Gasteiger partial charge in [0.05, 0.1) is 29.4 Å². The number of nitrogens with one attached hydrogen (secondary N) is 1. The number of hydrogen-bond acceptors (Lipinski definition) is 7. The van der Waals surface area contributed by atoms with Crippen LogP contribution in [0.3, 0.4) is 0 Å². The molecule has 1 saturated heterocycles. The Morgan fingerprint density at radius 1 is 1.30 bits per heavy atom. The molecule has 1 amide bonds. The van der Waals surface area contributed by atoms with Gasteiger partial charge in [0.15, 0.2) is 0 Å². The molecule has 7 nitrogen and oxygen atoms in total. The maximum absolute atomic E-state index is 12.8. The van der Waals surface area contributed by atoms with Crippen molar-refractivity contribution >= 4 is 56.8 Å². The molecule has 2 aromatic carbocycles. The quantitative estimate of drug-likeness (QED) is 0.480. The second-order valence-electron chi connectivity index (χ2n) is 5.66. The number of carbonyl (C=O) groups excluding carboxylic acids is 1. The van der Waals surface area contributed by atoms with Crippen LogP contribution in [-0.4, -0.2) is 42.2 Å². The van der Waals surface area contributed by atoms with Crippen LogP contribution in [-0.2, 0) is 4.74 Å². The molecule has 1 heterocycles. The normalized spacial score (nSPS) is 14.1. The third-order valence-electron chi connectivity index (χ3n) is 3.89. The summed E-state index contributed by atoms with van der Waals surface area (Å²) in [6.45, 7) is 1.76. The van der Waals surface area contributed by atoms with E-state index in [1.807, 2.05) is 0 Å². The fraction of sp³-hybridized carbons (Fsp3) is 0.235. The predicted molar refractivity (Wildman–Crippen MR) is 109 cm³/mol. The highest BCUT2D eigenvalue weighted by atomic mass is 79.9. The van der Waals surface area contributed by atoms with Crippen molar-refractivity contribution in [3.05, 3.63) is 50.3 Å². The number of nitroso groups, excluding NO2 is 1. The molecule has 0 aliphatic carbocycles. The molecule has 142 valence electrons. The third-order valence-corrected chi connectivity index (χ3v) is 5.47. The highest BCUT2D eigenvalue weighted by Crippen LogP contribution is 2.38. The van der Waals surface area contributed by atoms with Crippen molar-refractivity contribution in [2.75, 3.05) is 31.0 Å². The van der Waals surface area contributed by atoms with Gasteiger partial charge >= 0.3 is 0 Å². The summed E-state index contributed by atoms with van der Waals surface area (Å²) in [7, 11) is 0. The minimum Gasteiger partial charge on any atom is -0.507 e. The molecule has 0 spiro atoms. The van der Waals surface area contributed by atoms with Crippen LogP contribution >= 0.6 is 39.5 Å². The number of phenols is 1. The van der Waals surface area contributed by atoms with E-state index < -0.39 is 0 Å². The zero-order chi connectivity index (χ0) is 19.4. The Balaban J connectivity index is 1.89. The van der Waals surface area contributed by atoms with Crippen LogP contribution in [0.25, 0.3) is 0 Å². The van der Waals surface area contributed by atoms with Gasteiger partial charge in [-0.05, 0) is 47.5 Å². The Bertz CT molecular complexity index is 877. The van der Waals surface area contributed by atoms with Crippen molar-refractivity contribution in [2.45, 2.75) is 4.90 Å². The number of aromatic hydroxyl groups is 1. The van der Waals surface area contributed by atoms with Crippen LogP contribution in [0.2, 0.25) is 5.02 Å². The van der Waals surface area contributed by atoms with Crippen LogP contribution in [0.5, 0.6) is 5.75 Å². The number of rotatable bonds is 5. The summed E-state index contributed by atoms with van der Waals surface area (Å²) in [4.78, 5) is 26.4. The van der Waals surface area contributed by atoms with Gasteiger partial charge in [-0.25, -0.2) is 0 Å². The third kappa shape index (κ3) is 4.73. The molecule has 2 aromatic rings. The molecule has 0 bridgehead atoms. The van der Waals surface area contributed by atoms with E-state index in [9.17, 15) is 14.8 Å². The molecule has 0 radical (unpaired) electrons. The summed E-state index contributed by atoms with van der Waals surface area (Å²) in [5.74, 6) is -0.253. The van der Waals surface area contributed by atoms with Crippen molar-refractivity contribution in [3.8, 4) is 5.75 Å². The average molecular weight is 473 g/mol. The van der Waals surface area contributed by atoms with Crippen LogP contribution in [0.1, 0.15) is 10.4 Å². The first-order valence-electron chi connectivity index (χ1n) is 7.95. The minimum absolute atomic E-state index is 0.0297. The fourth-order valence-electron chi connectivity index (χ4n) is 2.55. The van der Waals surface area contributed by atoms with Crippen LogP contribution in [0.15, 0.2) is 44.9 Å². The molecule has 3 rings (SSSR count). The average Bonchev–Trinajstić information content (AvgIpc) is 2.68. The second-order valence-corrected chi connectivity index (χ2v) is 7.86. The van der Waals surface area contributed by atoms with E-state index in [-0.39, 0.29) is 22.9 Å². The maximum Gasteiger partial charge on any atom is 0.256 e. The standard InChI is InChI=1S/C17H15BrClN3O4S/c18-10-1-2-14(23)15(7-10)27-21-13-9-11(19)8-12(16(13)20-25)17(24)22-3-5-26-6-4-22/h1-2,7-9,21,23H,3-6H2. The van der Waals surface area contributed by atoms with Gasteiger partial charge in [-0.15, -0.1) is 4.91 Å². The maximum atomic E-state index is 12.8. The fourth-order valence-corrected chi connectivity index (χ4v) is 4.02. The Hall–Kier alpha value is -1.81. The van der Waals surface area contributed by atoms with Gasteiger partial charge in [0.25, 0.3) is 5.91 Å². The highest BCUT2D eigenvalue weighted by Gasteiger charge is 2.24. The number of halogens is 2. The second kappa shape index (κ2) is 8.92. The lowest BCUT2D eigenvalue weighted by molar-refractivity contribution is 0.0303. The van der Waals surface area contributed by atoms with Gasteiger partial charge in [0.1, 0.15) is 11.4 Å². The van der Waals surface area contributed by atoms with Crippen molar-refractivity contribution < 1.29 is 14.6 Å². The number of nitrogens with zero attached hydrogens (tertiary/aromatic N) is 2. The summed E-state index contributed by atoms with van der Waals surface area (Å²) in [6.07, 6.45) is 0. The Morgan fingerprint density at radius 3 is 2.74 bits per heavy atom. The van der Waals surface area contributed by atoms with Gasteiger partial charge in [-0.3, -0.25) is 4.79 Å². The molecule has 10 heteroatoms. The lowest BCUT2D eigenvalue weighted by Crippen LogP contribution is -2.40. The Labute approximate surface area is 173 Å². The molecular formula is C17H15BrClN3O4S. The van der Waals surface area contributed by atoms with E-state index in [0.717, 1.165) is 16.4 Å². The number of phenolic OH excluding ortho intramolecular Hbond substituents is 1. The topological polar surface area (TPSA) is 91.2 Å². The van der Waals surface area contributed by atoms with E-state index in [1.165, 1.54) is 12.1 Å². The smallest absolute Gasteiger partial charge is 0.256 e. The number of hydrogen-bond donors (Lipinski definition) is 2. The summed E-state index contributed by atoms with van der Waals surface area (Å²) >= 11 is 10.6. The first-order valence-corrected chi connectivity index (χ1v) is 9.93. The zero-order valence-electron chi connectivity index (χ0n) is 13.9. The first-order chi connectivity index (χ1) is 13.0. The Kier molecular flexibility index (Phi) is 6.59. The van der Waals surface area contributed by atoms with E-state index >= 15 is 0 Å².